The third-order valence-electron chi connectivity index (χ3n) is 0. The molecule has 0 aliphatic rings. The van der Waals surface area contributed by atoms with Gasteiger partial charge in [0, 0.05) is 34.1 Å². The van der Waals surface area contributed by atoms with Gasteiger partial charge in [0.1, 0.15) is 0 Å². The maximum absolute atomic E-state index is 0. The van der Waals surface area contributed by atoms with Gasteiger partial charge in [0.2, 0.25) is 0 Å². The molecular formula is H3CaCuFeI. The average Bonchev–Trinajstić information content (AvgIpc) is 0. The summed E-state index contributed by atoms with van der Waals surface area (Å²) in [5, 5.41) is 0. The topological polar surface area (TPSA) is 0 Å². The van der Waals surface area contributed by atoms with Crippen LogP contribution < -0.4 is 0 Å². The molecule has 0 unspecified atom stereocenters. The summed E-state index contributed by atoms with van der Waals surface area (Å²) in [6, 6.07) is 0. The normalized spacial score (nSPS) is 0. The third kappa shape index (κ3) is 8.90. The van der Waals surface area contributed by atoms with E-state index in [0.29, 0.717) is 0 Å². The molecule has 0 atom stereocenters. The van der Waals surface area contributed by atoms with Crippen molar-refractivity contribution >= 4 is 61.7 Å². The van der Waals surface area contributed by atoms with Gasteiger partial charge >= 0.3 is 37.7 Å². The van der Waals surface area contributed by atoms with Crippen LogP contribution in [0.2, 0.25) is 0 Å². The maximum atomic E-state index is 0. The van der Waals surface area contributed by atoms with Crippen LogP contribution in [0.25, 0.3) is 0 Å². The Labute approximate surface area is 96.8 Å². The summed E-state index contributed by atoms with van der Waals surface area (Å²) in [5.41, 5.74) is 0. The Kier molecular flexibility index (Phi) is 116. The fourth-order valence-corrected chi connectivity index (χ4v) is 0. The van der Waals surface area contributed by atoms with E-state index in [4.69, 9.17) is 0 Å². The van der Waals surface area contributed by atoms with Crippen molar-refractivity contribution in [2.24, 2.45) is 0 Å². The molecule has 0 N–H and O–H groups in total. The minimum atomic E-state index is 0. The molecule has 1 radical (unpaired) electrons. The van der Waals surface area contributed by atoms with Gasteiger partial charge in [-0.3, -0.25) is 0 Å². The molecule has 0 heterocycles. The molecule has 0 amide bonds. The Morgan fingerprint density at radius 1 is 1.25 bits per heavy atom. The van der Waals surface area contributed by atoms with E-state index >= 15 is 0 Å². The Balaban J connectivity index is 0. The van der Waals surface area contributed by atoms with Gasteiger partial charge < -0.3 is 2.85 Å². The van der Waals surface area contributed by atoms with Crippen molar-refractivity contribution in [2.75, 3.05) is 0 Å². The van der Waals surface area contributed by atoms with Gasteiger partial charge in [-0.15, -0.1) is 24.0 Å². The molecule has 0 aromatic carbocycles. The molecule has 0 aliphatic carbocycles. The first-order valence-corrected chi connectivity index (χ1v) is 0. The molecule has 0 saturated heterocycles. The Morgan fingerprint density at radius 3 is 1.25 bits per heavy atom. The van der Waals surface area contributed by atoms with Crippen molar-refractivity contribution in [2.45, 2.75) is 0 Å². The van der Waals surface area contributed by atoms with Crippen LogP contribution in [0.5, 0.6) is 0 Å². The minimum absolute atomic E-state index is 0. The molecule has 0 fully saturated rings. The molecule has 0 aromatic heterocycles. The quantitative estimate of drug-likeness (QED) is 0.449. The van der Waals surface area contributed by atoms with Crippen LogP contribution in [0.4, 0.5) is 0 Å². The van der Waals surface area contributed by atoms with Gasteiger partial charge in [-0.25, -0.2) is 0 Å². The monoisotopic (exact) mass is 289 g/mol. The summed E-state index contributed by atoms with van der Waals surface area (Å²) in [6.45, 7) is 0. The van der Waals surface area contributed by atoms with Gasteiger partial charge in [-0.2, -0.15) is 0 Å². The first kappa shape index (κ1) is 27.8. The molecule has 0 spiro atoms. The van der Waals surface area contributed by atoms with E-state index in [1.54, 1.807) is 0 Å². The Hall–Kier alpha value is 3.03. The van der Waals surface area contributed by atoms with Gasteiger partial charge in [0.05, 0.1) is 0 Å². The van der Waals surface area contributed by atoms with Gasteiger partial charge in [0.15, 0.2) is 0 Å². The summed E-state index contributed by atoms with van der Waals surface area (Å²) in [4.78, 5) is 0. The summed E-state index contributed by atoms with van der Waals surface area (Å²) in [7, 11) is 0. The van der Waals surface area contributed by atoms with Crippen LogP contribution in [0, 0.1) is 0 Å². The van der Waals surface area contributed by atoms with E-state index in [9.17, 15) is 0 Å². The molecule has 4 heteroatoms. The maximum Gasteiger partial charge on any atom is 2.00 e. The van der Waals surface area contributed by atoms with Crippen molar-refractivity contribution in [1.29, 1.82) is 0 Å². The summed E-state index contributed by atoms with van der Waals surface area (Å²) >= 11 is 0. The van der Waals surface area contributed by atoms with E-state index in [-0.39, 0.29) is 98.7 Å². The van der Waals surface area contributed by atoms with Crippen LogP contribution in [-0.4, -0.2) is 37.7 Å². The van der Waals surface area contributed by atoms with E-state index in [0.717, 1.165) is 0 Å². The zero-order chi connectivity index (χ0) is 0. The van der Waals surface area contributed by atoms with Crippen LogP contribution in [0.15, 0.2) is 0 Å². The average molecular weight is 289 g/mol. The fraction of sp³-hybridized carbons (Fsp3) is 0. The predicted molar refractivity (Wildman–Crippen MR) is 23.4 cm³/mol. The van der Waals surface area contributed by atoms with Crippen molar-refractivity contribution in [3.05, 3.63) is 0 Å². The van der Waals surface area contributed by atoms with Crippen molar-refractivity contribution in [3.8, 4) is 0 Å². The minimum Gasteiger partial charge on any atom is -1.00 e. The number of hydrogen-bond donors (Lipinski definition) is 0. The first-order valence-electron chi connectivity index (χ1n) is 0. The van der Waals surface area contributed by atoms with E-state index in [1.807, 2.05) is 0 Å². The molecule has 0 rings (SSSR count). The second kappa shape index (κ2) is 16.6. The smallest absolute Gasteiger partial charge is 1.00 e. The second-order valence-electron chi connectivity index (χ2n) is 0. The fourth-order valence-electron chi connectivity index (χ4n) is 0. The standard InChI is InChI=1S/Ca.Cu.Fe.HI.2H/h;;;1H;;/q+2;;;;2*-1. The van der Waals surface area contributed by atoms with E-state index < -0.39 is 0 Å². The first-order chi connectivity index (χ1) is 0. The summed E-state index contributed by atoms with van der Waals surface area (Å²) in [6.07, 6.45) is 0. The molecule has 0 saturated carbocycles. The predicted octanol–water partition coefficient (Wildman–Crippen LogP) is 0.457. The molecule has 0 aromatic rings. The summed E-state index contributed by atoms with van der Waals surface area (Å²) < 4.78 is 0. The molecule has 0 nitrogen and oxygen atoms in total. The van der Waals surface area contributed by atoms with Crippen molar-refractivity contribution < 1.29 is 37.0 Å². The number of halogens is 1. The zero-order valence-corrected chi connectivity index (χ0v) is 8.35. The largest absolute Gasteiger partial charge is 2.00 e. The molecule has 0 aliphatic heterocycles. The van der Waals surface area contributed by atoms with Gasteiger partial charge in [-0.1, -0.05) is 0 Å². The molecular weight excluding hydrogens is 286 g/mol. The van der Waals surface area contributed by atoms with Crippen LogP contribution in [0.1, 0.15) is 2.85 Å². The van der Waals surface area contributed by atoms with Crippen molar-refractivity contribution in [3.63, 3.8) is 0 Å². The molecule has 4 heavy (non-hydrogen) atoms. The second-order valence-corrected chi connectivity index (χ2v) is 0. The Morgan fingerprint density at radius 2 is 1.25 bits per heavy atom. The van der Waals surface area contributed by atoms with Crippen LogP contribution in [0.3, 0.4) is 0 Å². The van der Waals surface area contributed by atoms with Crippen molar-refractivity contribution in [1.82, 2.24) is 0 Å². The SMILES string of the molecule is I.[Ca+2].[Cu].[Fe].[H-].[H-]. The third-order valence-corrected chi connectivity index (χ3v) is 0. The molecule has 0 bridgehead atoms. The van der Waals surface area contributed by atoms with Crippen LogP contribution >= 0.6 is 24.0 Å². The number of hydrogen-bond acceptors (Lipinski definition) is 0. The number of rotatable bonds is 0. The van der Waals surface area contributed by atoms with Crippen LogP contribution in [-0.2, 0) is 34.1 Å². The van der Waals surface area contributed by atoms with Gasteiger partial charge in [0.25, 0.3) is 0 Å². The summed E-state index contributed by atoms with van der Waals surface area (Å²) in [5.74, 6) is 0. The Bertz CT molecular complexity index is 13.5. The zero-order valence-electron chi connectivity index (χ0n) is 3.77. The van der Waals surface area contributed by atoms with Gasteiger partial charge in [-0.05, 0) is 0 Å². The molecule has 31 valence electrons. The van der Waals surface area contributed by atoms with E-state index in [2.05, 4.69) is 0 Å². The van der Waals surface area contributed by atoms with E-state index in [1.165, 1.54) is 0 Å².